The predicted molar refractivity (Wildman–Crippen MR) is 85.1 cm³/mol. The molecule has 112 valence electrons. The maximum atomic E-state index is 13.9. The second kappa shape index (κ2) is 5.30. The van der Waals surface area contributed by atoms with Gasteiger partial charge in [-0.15, -0.1) is 11.3 Å². The molecule has 1 saturated carbocycles. The van der Waals surface area contributed by atoms with Gasteiger partial charge in [-0.3, -0.25) is 4.79 Å². The molecule has 0 bridgehead atoms. The molecule has 0 aliphatic heterocycles. The van der Waals surface area contributed by atoms with Crippen LogP contribution in [0, 0.1) is 11.7 Å². The number of hydrogen-bond acceptors (Lipinski definition) is 3. The lowest BCUT2D eigenvalue weighted by atomic mass is 10.2. The van der Waals surface area contributed by atoms with Gasteiger partial charge in [0.25, 0.3) is 5.91 Å². The number of amides is 1. The number of halogens is 1. The van der Waals surface area contributed by atoms with Crippen LogP contribution in [0.3, 0.4) is 0 Å². The third-order valence-electron chi connectivity index (χ3n) is 3.93. The molecule has 0 atom stereocenters. The molecule has 5 heteroatoms. The van der Waals surface area contributed by atoms with E-state index in [1.54, 1.807) is 12.1 Å². The lowest BCUT2D eigenvalue weighted by Gasteiger charge is -2.26. The summed E-state index contributed by atoms with van der Waals surface area (Å²) in [6.07, 6.45) is 2.38. The fourth-order valence-electron chi connectivity index (χ4n) is 2.53. The number of fused-ring (bicyclic) bond motifs is 1. The van der Waals surface area contributed by atoms with E-state index in [1.165, 1.54) is 30.2 Å². The van der Waals surface area contributed by atoms with Gasteiger partial charge >= 0.3 is 0 Å². The zero-order chi connectivity index (χ0) is 15.1. The number of nitrogens with zero attached hydrogens (tertiary/aromatic N) is 1. The summed E-state index contributed by atoms with van der Waals surface area (Å²) < 4.78 is 14.6. The minimum Gasteiger partial charge on any atom is -0.397 e. The van der Waals surface area contributed by atoms with Gasteiger partial charge in [-0.25, -0.2) is 4.39 Å². The third-order valence-corrected chi connectivity index (χ3v) is 5.09. The van der Waals surface area contributed by atoms with Crippen molar-refractivity contribution in [1.82, 2.24) is 4.90 Å². The molecule has 0 radical (unpaired) electrons. The fraction of sp³-hybridized carbons (Fsp3) is 0.438. The largest absolute Gasteiger partial charge is 0.397 e. The van der Waals surface area contributed by atoms with E-state index in [2.05, 4.69) is 0 Å². The Morgan fingerprint density at radius 1 is 1.48 bits per heavy atom. The highest BCUT2D eigenvalue weighted by molar-refractivity contribution is 7.21. The van der Waals surface area contributed by atoms with E-state index in [-0.39, 0.29) is 23.5 Å². The Bertz CT molecular complexity index is 691. The van der Waals surface area contributed by atoms with Gasteiger partial charge in [0.1, 0.15) is 10.7 Å². The van der Waals surface area contributed by atoms with E-state index in [1.807, 2.05) is 18.7 Å². The van der Waals surface area contributed by atoms with E-state index in [0.29, 0.717) is 16.2 Å². The van der Waals surface area contributed by atoms with Crippen molar-refractivity contribution < 1.29 is 9.18 Å². The molecule has 3 rings (SSSR count). The summed E-state index contributed by atoms with van der Waals surface area (Å²) in [6.45, 7) is 4.78. The minimum absolute atomic E-state index is 0.0741. The third kappa shape index (κ3) is 2.62. The summed E-state index contributed by atoms with van der Waals surface area (Å²) >= 11 is 1.28. The van der Waals surface area contributed by atoms with Crippen LogP contribution < -0.4 is 5.73 Å². The number of carbonyl (C=O) groups excluding carboxylic acids is 1. The van der Waals surface area contributed by atoms with E-state index >= 15 is 0 Å². The van der Waals surface area contributed by atoms with Gasteiger partial charge in [-0.05, 0) is 44.7 Å². The minimum atomic E-state index is -0.362. The lowest BCUT2D eigenvalue weighted by Crippen LogP contribution is -2.38. The van der Waals surface area contributed by atoms with Crippen molar-refractivity contribution in [3.05, 3.63) is 28.9 Å². The Hall–Kier alpha value is -1.62. The van der Waals surface area contributed by atoms with Crippen LogP contribution in [0.25, 0.3) is 10.1 Å². The van der Waals surface area contributed by atoms with Crippen LogP contribution in [0.4, 0.5) is 10.1 Å². The first-order valence-electron chi connectivity index (χ1n) is 7.26. The first kappa shape index (κ1) is 14.3. The fourth-order valence-corrected chi connectivity index (χ4v) is 3.62. The lowest BCUT2D eigenvalue weighted by molar-refractivity contribution is 0.0702. The molecule has 3 nitrogen and oxygen atoms in total. The quantitative estimate of drug-likeness (QED) is 0.931. The molecule has 0 spiro atoms. The molecule has 1 amide bonds. The van der Waals surface area contributed by atoms with Gasteiger partial charge in [-0.1, -0.05) is 6.07 Å². The Morgan fingerprint density at radius 3 is 2.76 bits per heavy atom. The maximum Gasteiger partial charge on any atom is 0.266 e. The highest BCUT2D eigenvalue weighted by Crippen LogP contribution is 2.37. The summed E-state index contributed by atoms with van der Waals surface area (Å²) in [6, 6.07) is 4.94. The number of anilines is 1. The molecule has 0 unspecified atom stereocenters. The molecular formula is C16H19FN2OS. The van der Waals surface area contributed by atoms with Crippen molar-refractivity contribution >= 4 is 33.0 Å². The van der Waals surface area contributed by atoms with Crippen molar-refractivity contribution in [1.29, 1.82) is 0 Å². The standard InChI is InChI=1S/C16H19FN2OS/c1-9(2)19(8-10-6-7-10)16(20)15-14(18)13-11(17)4-3-5-12(13)21-15/h3-5,9-10H,6-8,18H2,1-2H3. The topological polar surface area (TPSA) is 46.3 Å². The zero-order valence-electron chi connectivity index (χ0n) is 12.2. The van der Waals surface area contributed by atoms with E-state index in [9.17, 15) is 9.18 Å². The van der Waals surface area contributed by atoms with Gasteiger partial charge in [0, 0.05) is 17.3 Å². The van der Waals surface area contributed by atoms with Crippen molar-refractivity contribution in [2.45, 2.75) is 32.7 Å². The Kier molecular flexibility index (Phi) is 3.61. The highest BCUT2D eigenvalue weighted by Gasteiger charge is 2.30. The average Bonchev–Trinajstić information content (AvgIpc) is 3.18. The molecule has 1 aromatic carbocycles. The van der Waals surface area contributed by atoms with Crippen LogP contribution in [0.1, 0.15) is 36.4 Å². The molecule has 1 heterocycles. The van der Waals surface area contributed by atoms with Crippen molar-refractivity contribution in [3.8, 4) is 0 Å². The zero-order valence-corrected chi connectivity index (χ0v) is 13.0. The van der Waals surface area contributed by atoms with Crippen molar-refractivity contribution in [2.24, 2.45) is 5.92 Å². The van der Waals surface area contributed by atoms with Crippen LogP contribution in [-0.2, 0) is 0 Å². The van der Waals surface area contributed by atoms with Crippen LogP contribution in [-0.4, -0.2) is 23.4 Å². The van der Waals surface area contributed by atoms with Gasteiger partial charge in [0.2, 0.25) is 0 Å². The van der Waals surface area contributed by atoms with Crippen LogP contribution >= 0.6 is 11.3 Å². The summed E-state index contributed by atoms with van der Waals surface area (Å²) in [7, 11) is 0. The molecule has 2 aromatic rings. The number of nitrogens with two attached hydrogens (primary N) is 1. The van der Waals surface area contributed by atoms with Crippen molar-refractivity contribution in [3.63, 3.8) is 0 Å². The molecule has 1 aromatic heterocycles. The Morgan fingerprint density at radius 2 is 2.19 bits per heavy atom. The number of thiophene rings is 1. The Labute approximate surface area is 127 Å². The van der Waals surface area contributed by atoms with Crippen LogP contribution in [0.15, 0.2) is 18.2 Å². The number of nitrogen functional groups attached to an aromatic ring is 1. The SMILES string of the molecule is CC(C)N(CC1CC1)C(=O)c1sc2cccc(F)c2c1N. The highest BCUT2D eigenvalue weighted by atomic mass is 32.1. The first-order chi connectivity index (χ1) is 9.99. The number of rotatable bonds is 4. The molecule has 1 aliphatic rings. The average molecular weight is 306 g/mol. The number of carbonyl (C=O) groups is 1. The van der Waals surface area contributed by atoms with E-state index < -0.39 is 0 Å². The molecule has 1 fully saturated rings. The second-order valence-corrected chi connectivity index (χ2v) is 7.00. The monoisotopic (exact) mass is 306 g/mol. The smallest absolute Gasteiger partial charge is 0.266 e. The second-order valence-electron chi connectivity index (χ2n) is 5.95. The van der Waals surface area contributed by atoms with Gasteiger partial charge < -0.3 is 10.6 Å². The number of benzene rings is 1. The normalized spacial score (nSPS) is 14.9. The van der Waals surface area contributed by atoms with Gasteiger partial charge in [0.05, 0.1) is 11.1 Å². The summed E-state index contributed by atoms with van der Waals surface area (Å²) in [5.41, 5.74) is 6.33. The molecule has 0 saturated heterocycles. The summed E-state index contributed by atoms with van der Waals surface area (Å²) in [4.78, 5) is 15.1. The number of hydrogen-bond donors (Lipinski definition) is 1. The maximum absolute atomic E-state index is 13.9. The predicted octanol–water partition coefficient (Wildman–Crippen LogP) is 3.88. The van der Waals surface area contributed by atoms with Gasteiger partial charge in [-0.2, -0.15) is 0 Å². The molecule has 1 aliphatic carbocycles. The Balaban J connectivity index is 2.00. The van der Waals surface area contributed by atoms with Crippen molar-refractivity contribution in [2.75, 3.05) is 12.3 Å². The molecule has 2 N–H and O–H groups in total. The molecule has 21 heavy (non-hydrogen) atoms. The van der Waals surface area contributed by atoms with E-state index in [0.717, 1.165) is 11.2 Å². The summed E-state index contributed by atoms with van der Waals surface area (Å²) in [5.74, 6) is 0.178. The van der Waals surface area contributed by atoms with Crippen LogP contribution in [0.5, 0.6) is 0 Å². The first-order valence-corrected chi connectivity index (χ1v) is 8.08. The molecular weight excluding hydrogens is 287 g/mol. The van der Waals surface area contributed by atoms with Crippen LogP contribution in [0.2, 0.25) is 0 Å². The summed E-state index contributed by atoms with van der Waals surface area (Å²) in [5, 5.41) is 0.376. The van der Waals surface area contributed by atoms with Gasteiger partial charge in [0.15, 0.2) is 0 Å². The van der Waals surface area contributed by atoms with E-state index in [4.69, 9.17) is 5.73 Å².